The normalized spacial score (nSPS) is 27.1. The van der Waals surface area contributed by atoms with Crippen molar-refractivity contribution in [1.82, 2.24) is 10.2 Å². The Balaban J connectivity index is 1.73. The smallest absolute Gasteiger partial charge is 0.249 e. The van der Waals surface area contributed by atoms with Crippen LogP contribution >= 0.6 is 0 Å². The molecule has 0 aliphatic carbocycles. The van der Waals surface area contributed by atoms with Crippen LogP contribution in [0.1, 0.15) is 39.5 Å². The fraction of sp³-hybridized carbons (Fsp3) is 0.867. The summed E-state index contributed by atoms with van der Waals surface area (Å²) in [6, 6.07) is 0.147. The Hall–Kier alpha value is -1.14. The van der Waals surface area contributed by atoms with Gasteiger partial charge < -0.3 is 20.7 Å². The van der Waals surface area contributed by atoms with Crippen LogP contribution in [-0.2, 0) is 14.3 Å². The van der Waals surface area contributed by atoms with E-state index in [-0.39, 0.29) is 36.0 Å². The third-order valence-corrected chi connectivity index (χ3v) is 4.31. The third-order valence-electron chi connectivity index (χ3n) is 4.31. The number of ether oxygens (including phenoxy) is 1. The molecule has 120 valence electrons. The predicted molar refractivity (Wildman–Crippen MR) is 79.5 cm³/mol. The quantitative estimate of drug-likeness (QED) is 0.779. The summed E-state index contributed by atoms with van der Waals surface area (Å²) in [6.07, 6.45) is 2.91. The van der Waals surface area contributed by atoms with Gasteiger partial charge in [0.05, 0.1) is 6.10 Å². The van der Waals surface area contributed by atoms with E-state index in [1.165, 1.54) is 0 Å². The lowest BCUT2D eigenvalue weighted by molar-refractivity contribution is -0.136. The van der Waals surface area contributed by atoms with E-state index in [4.69, 9.17) is 10.5 Å². The van der Waals surface area contributed by atoms with Gasteiger partial charge >= 0.3 is 0 Å². The molecule has 0 bridgehead atoms. The average Bonchev–Trinajstić information content (AvgIpc) is 2.96. The standard InChI is InChI=1S/C15H27N3O3/c1-10(2)15(20)18-7-5-11(6-8-18)17-14(19)13-4-3-12(9-16)21-13/h10-13H,3-9,16H2,1-2H3,(H,17,19). The van der Waals surface area contributed by atoms with E-state index >= 15 is 0 Å². The monoisotopic (exact) mass is 297 g/mol. The van der Waals surface area contributed by atoms with Crippen LogP contribution in [0.3, 0.4) is 0 Å². The highest BCUT2D eigenvalue weighted by atomic mass is 16.5. The van der Waals surface area contributed by atoms with Crippen LogP contribution in [0.2, 0.25) is 0 Å². The van der Waals surface area contributed by atoms with E-state index in [0.29, 0.717) is 6.54 Å². The Morgan fingerprint density at radius 3 is 2.43 bits per heavy atom. The zero-order chi connectivity index (χ0) is 15.4. The van der Waals surface area contributed by atoms with E-state index in [1.54, 1.807) is 0 Å². The molecular formula is C15H27N3O3. The van der Waals surface area contributed by atoms with Gasteiger partial charge in [0.25, 0.3) is 0 Å². The van der Waals surface area contributed by atoms with Crippen LogP contribution in [0.15, 0.2) is 0 Å². The summed E-state index contributed by atoms with van der Waals surface area (Å²) in [5.74, 6) is 0.209. The molecular weight excluding hydrogens is 270 g/mol. The molecule has 6 nitrogen and oxygen atoms in total. The van der Waals surface area contributed by atoms with Gasteiger partial charge in [-0.2, -0.15) is 0 Å². The second kappa shape index (κ2) is 7.22. The minimum absolute atomic E-state index is 0.0197. The Morgan fingerprint density at radius 1 is 1.24 bits per heavy atom. The Kier molecular flexibility index (Phi) is 5.58. The van der Waals surface area contributed by atoms with Crippen LogP contribution in [0.25, 0.3) is 0 Å². The van der Waals surface area contributed by atoms with E-state index in [1.807, 2.05) is 18.7 Å². The Morgan fingerprint density at radius 2 is 1.90 bits per heavy atom. The number of nitrogens with zero attached hydrogens (tertiary/aromatic N) is 1. The first-order valence-electron chi connectivity index (χ1n) is 7.96. The van der Waals surface area contributed by atoms with Crippen molar-refractivity contribution in [3.63, 3.8) is 0 Å². The molecule has 21 heavy (non-hydrogen) atoms. The Bertz CT molecular complexity index is 378. The summed E-state index contributed by atoms with van der Waals surface area (Å²) in [6.45, 7) is 5.75. The van der Waals surface area contributed by atoms with Gasteiger partial charge in [-0.3, -0.25) is 9.59 Å². The first-order valence-corrected chi connectivity index (χ1v) is 7.96. The predicted octanol–water partition coefficient (Wildman–Crippen LogP) is 0.256. The fourth-order valence-electron chi connectivity index (χ4n) is 2.98. The van der Waals surface area contributed by atoms with Crippen molar-refractivity contribution in [3.05, 3.63) is 0 Å². The van der Waals surface area contributed by atoms with Crippen LogP contribution in [0.5, 0.6) is 0 Å². The number of carbonyl (C=O) groups is 2. The van der Waals surface area contributed by atoms with Gasteiger partial charge in [-0.25, -0.2) is 0 Å². The number of amides is 2. The maximum atomic E-state index is 12.1. The van der Waals surface area contributed by atoms with Gasteiger partial charge in [0.2, 0.25) is 11.8 Å². The van der Waals surface area contributed by atoms with Crippen molar-refractivity contribution in [3.8, 4) is 0 Å². The highest BCUT2D eigenvalue weighted by molar-refractivity contribution is 5.81. The zero-order valence-electron chi connectivity index (χ0n) is 13.0. The first-order chi connectivity index (χ1) is 10.0. The van der Waals surface area contributed by atoms with Crippen molar-refractivity contribution in [2.24, 2.45) is 11.7 Å². The molecule has 2 rings (SSSR count). The summed E-state index contributed by atoms with van der Waals surface area (Å²) in [7, 11) is 0. The van der Waals surface area contributed by atoms with Gasteiger partial charge in [0.15, 0.2) is 0 Å². The molecule has 3 N–H and O–H groups in total. The molecule has 0 aromatic rings. The lowest BCUT2D eigenvalue weighted by Crippen LogP contribution is -2.49. The Labute approximate surface area is 126 Å². The lowest BCUT2D eigenvalue weighted by Gasteiger charge is -2.33. The van der Waals surface area contributed by atoms with Crippen molar-refractivity contribution in [2.45, 2.75) is 57.8 Å². The highest BCUT2D eigenvalue weighted by Crippen LogP contribution is 2.20. The van der Waals surface area contributed by atoms with E-state index in [0.717, 1.165) is 38.8 Å². The van der Waals surface area contributed by atoms with Gasteiger partial charge in [0.1, 0.15) is 6.10 Å². The zero-order valence-corrected chi connectivity index (χ0v) is 13.0. The molecule has 2 fully saturated rings. The molecule has 2 unspecified atom stereocenters. The molecule has 2 aliphatic rings. The number of hydrogen-bond acceptors (Lipinski definition) is 4. The second-order valence-corrected chi connectivity index (χ2v) is 6.32. The van der Waals surface area contributed by atoms with Gasteiger partial charge in [-0.05, 0) is 25.7 Å². The number of piperidine rings is 1. The fourth-order valence-corrected chi connectivity index (χ4v) is 2.98. The van der Waals surface area contributed by atoms with Crippen molar-refractivity contribution >= 4 is 11.8 Å². The van der Waals surface area contributed by atoms with Crippen molar-refractivity contribution in [1.29, 1.82) is 0 Å². The molecule has 0 spiro atoms. The maximum Gasteiger partial charge on any atom is 0.249 e. The minimum atomic E-state index is -0.353. The molecule has 2 saturated heterocycles. The molecule has 0 aromatic carbocycles. The number of nitrogens with one attached hydrogen (secondary N) is 1. The van der Waals surface area contributed by atoms with E-state index < -0.39 is 0 Å². The number of hydrogen-bond donors (Lipinski definition) is 2. The molecule has 2 amide bonds. The van der Waals surface area contributed by atoms with Gasteiger partial charge in [0, 0.05) is 31.6 Å². The van der Waals surface area contributed by atoms with Crippen molar-refractivity contribution < 1.29 is 14.3 Å². The van der Waals surface area contributed by atoms with Crippen LogP contribution in [0, 0.1) is 5.92 Å². The van der Waals surface area contributed by atoms with Crippen LogP contribution in [0.4, 0.5) is 0 Å². The third kappa shape index (κ3) is 4.17. The summed E-state index contributed by atoms with van der Waals surface area (Å²) >= 11 is 0. The second-order valence-electron chi connectivity index (χ2n) is 6.32. The van der Waals surface area contributed by atoms with E-state index in [9.17, 15) is 9.59 Å². The SMILES string of the molecule is CC(C)C(=O)N1CCC(NC(=O)C2CCC(CN)O2)CC1. The molecule has 2 atom stereocenters. The molecule has 2 heterocycles. The molecule has 6 heteroatoms. The summed E-state index contributed by atoms with van der Waals surface area (Å²) in [4.78, 5) is 25.9. The summed E-state index contributed by atoms with van der Waals surface area (Å²) in [5, 5.41) is 3.05. The molecule has 2 aliphatic heterocycles. The summed E-state index contributed by atoms with van der Waals surface area (Å²) < 4.78 is 5.60. The average molecular weight is 297 g/mol. The largest absolute Gasteiger partial charge is 0.364 e. The molecule has 0 aromatic heterocycles. The lowest BCUT2D eigenvalue weighted by atomic mass is 10.0. The number of likely N-dealkylation sites (tertiary alicyclic amines) is 1. The van der Waals surface area contributed by atoms with Crippen molar-refractivity contribution in [2.75, 3.05) is 19.6 Å². The first kappa shape index (κ1) is 16.2. The van der Waals surface area contributed by atoms with E-state index in [2.05, 4.69) is 5.32 Å². The molecule has 0 saturated carbocycles. The molecule has 0 radical (unpaired) electrons. The van der Waals surface area contributed by atoms with Crippen LogP contribution in [-0.4, -0.2) is 54.6 Å². The van der Waals surface area contributed by atoms with Gasteiger partial charge in [-0.1, -0.05) is 13.8 Å². The number of nitrogens with two attached hydrogens (primary N) is 1. The maximum absolute atomic E-state index is 12.1. The number of rotatable bonds is 4. The van der Waals surface area contributed by atoms with Crippen LogP contribution < -0.4 is 11.1 Å². The summed E-state index contributed by atoms with van der Waals surface area (Å²) in [5.41, 5.74) is 5.55. The van der Waals surface area contributed by atoms with Gasteiger partial charge in [-0.15, -0.1) is 0 Å². The topological polar surface area (TPSA) is 84.7 Å². The highest BCUT2D eigenvalue weighted by Gasteiger charge is 2.32. The minimum Gasteiger partial charge on any atom is -0.364 e. The number of carbonyl (C=O) groups excluding carboxylic acids is 2.